The number of rotatable bonds is 6. The lowest BCUT2D eigenvalue weighted by Gasteiger charge is -2.14. The molecule has 3 heteroatoms. The van der Waals surface area contributed by atoms with Gasteiger partial charge in [-0.05, 0) is 89.8 Å². The Hall–Kier alpha value is -7.75. The monoisotopic (exact) mass is 737 g/mol. The van der Waals surface area contributed by atoms with Crippen LogP contribution in [0, 0.1) is 0 Å². The van der Waals surface area contributed by atoms with E-state index in [-0.39, 0.29) is 0 Å². The summed E-state index contributed by atoms with van der Waals surface area (Å²) in [7, 11) is 0. The van der Waals surface area contributed by atoms with E-state index in [1.54, 1.807) is 0 Å². The zero-order valence-corrected chi connectivity index (χ0v) is 31.5. The molecule has 58 heavy (non-hydrogen) atoms. The van der Waals surface area contributed by atoms with Gasteiger partial charge >= 0.3 is 0 Å². The van der Waals surface area contributed by atoms with Crippen LogP contribution in [-0.2, 0) is 0 Å². The van der Waals surface area contributed by atoms with E-state index in [4.69, 9.17) is 9.97 Å². The predicted molar refractivity (Wildman–Crippen MR) is 242 cm³/mol. The van der Waals surface area contributed by atoms with Gasteiger partial charge in [0.2, 0.25) is 0 Å². The average Bonchev–Trinajstić information content (AvgIpc) is 3.31. The SMILES string of the molecule is c1cc(-c2ccc3ccccc3c2)cc(-c2nc(-c3ccc(-c4ccc(-c5cncc6ccccc56)cc4)cc3)cc(-c3cc4ccccc4c4ccccc34)n2)c1. The van der Waals surface area contributed by atoms with Gasteiger partial charge in [0.25, 0.3) is 0 Å². The topological polar surface area (TPSA) is 38.7 Å². The van der Waals surface area contributed by atoms with Crippen LogP contribution < -0.4 is 0 Å². The molecule has 0 bridgehead atoms. The zero-order chi connectivity index (χ0) is 38.4. The fourth-order valence-corrected chi connectivity index (χ4v) is 8.36. The molecule has 0 radical (unpaired) electrons. The van der Waals surface area contributed by atoms with Gasteiger partial charge in [0.1, 0.15) is 0 Å². The summed E-state index contributed by atoms with van der Waals surface area (Å²) in [5.41, 5.74) is 11.7. The largest absolute Gasteiger partial charge is 0.263 e. The maximum absolute atomic E-state index is 5.34. The molecule has 2 aromatic heterocycles. The summed E-state index contributed by atoms with van der Waals surface area (Å²) in [4.78, 5) is 15.1. The lowest BCUT2D eigenvalue weighted by molar-refractivity contribution is 1.19. The fourth-order valence-electron chi connectivity index (χ4n) is 8.36. The first-order valence-corrected chi connectivity index (χ1v) is 19.7. The maximum atomic E-state index is 5.34. The first-order valence-electron chi connectivity index (χ1n) is 19.7. The normalized spacial score (nSPS) is 11.4. The minimum Gasteiger partial charge on any atom is -0.263 e. The van der Waals surface area contributed by atoms with E-state index in [0.717, 1.165) is 66.8 Å². The number of fused-ring (bicyclic) bond motifs is 5. The van der Waals surface area contributed by atoms with Crippen molar-refractivity contribution in [1.82, 2.24) is 15.0 Å². The number of pyridine rings is 1. The smallest absolute Gasteiger partial charge is 0.160 e. The summed E-state index contributed by atoms with van der Waals surface area (Å²) < 4.78 is 0. The molecule has 0 N–H and O–H groups in total. The number of benzene rings is 9. The number of hydrogen-bond acceptors (Lipinski definition) is 3. The second kappa shape index (κ2) is 14.1. The van der Waals surface area contributed by atoms with Crippen molar-refractivity contribution in [1.29, 1.82) is 0 Å². The molecular formula is C55H35N3. The van der Waals surface area contributed by atoms with Crippen molar-refractivity contribution in [2.75, 3.05) is 0 Å². The first-order chi connectivity index (χ1) is 28.7. The second-order valence-electron chi connectivity index (χ2n) is 14.9. The summed E-state index contributed by atoms with van der Waals surface area (Å²) in [6, 6.07) is 71.3. The van der Waals surface area contributed by atoms with E-state index >= 15 is 0 Å². The van der Waals surface area contributed by atoms with Gasteiger partial charge in [-0.15, -0.1) is 0 Å². The van der Waals surface area contributed by atoms with E-state index in [1.807, 2.05) is 12.4 Å². The molecule has 11 rings (SSSR count). The Morgan fingerprint density at radius 3 is 1.62 bits per heavy atom. The summed E-state index contributed by atoms with van der Waals surface area (Å²) in [5.74, 6) is 0.690. The van der Waals surface area contributed by atoms with E-state index < -0.39 is 0 Å². The van der Waals surface area contributed by atoms with Crippen molar-refractivity contribution in [2.24, 2.45) is 0 Å². The lowest BCUT2D eigenvalue weighted by atomic mass is 9.94. The van der Waals surface area contributed by atoms with Crippen LogP contribution in [0.15, 0.2) is 213 Å². The van der Waals surface area contributed by atoms with E-state index in [1.165, 1.54) is 37.7 Å². The van der Waals surface area contributed by atoms with Gasteiger partial charge in [-0.2, -0.15) is 0 Å². The van der Waals surface area contributed by atoms with Gasteiger partial charge < -0.3 is 0 Å². The van der Waals surface area contributed by atoms with Gasteiger partial charge in [0.05, 0.1) is 11.4 Å². The first kappa shape index (κ1) is 33.6. The van der Waals surface area contributed by atoms with Crippen LogP contribution in [0.25, 0.3) is 110 Å². The molecule has 0 amide bonds. The Bertz CT molecular complexity index is 3320. The lowest BCUT2D eigenvalue weighted by Crippen LogP contribution is -1.97. The molecule has 0 aliphatic heterocycles. The van der Waals surface area contributed by atoms with Crippen LogP contribution in [0.5, 0.6) is 0 Å². The highest BCUT2D eigenvalue weighted by atomic mass is 14.9. The second-order valence-corrected chi connectivity index (χ2v) is 14.9. The Balaban J connectivity index is 1.01. The van der Waals surface area contributed by atoms with Crippen LogP contribution in [0.4, 0.5) is 0 Å². The van der Waals surface area contributed by atoms with Gasteiger partial charge in [-0.25, -0.2) is 9.97 Å². The third kappa shape index (κ3) is 6.07. The van der Waals surface area contributed by atoms with Crippen LogP contribution in [0.3, 0.4) is 0 Å². The number of aromatic nitrogens is 3. The predicted octanol–water partition coefficient (Wildman–Crippen LogP) is 14.5. The van der Waals surface area contributed by atoms with Gasteiger partial charge in [0, 0.05) is 40.0 Å². The van der Waals surface area contributed by atoms with Crippen molar-refractivity contribution in [3.8, 4) is 67.3 Å². The third-order valence-corrected chi connectivity index (χ3v) is 11.4. The van der Waals surface area contributed by atoms with Crippen LogP contribution in [0.1, 0.15) is 0 Å². The maximum Gasteiger partial charge on any atom is 0.160 e. The molecule has 0 spiro atoms. The molecule has 2 heterocycles. The van der Waals surface area contributed by atoms with E-state index in [2.05, 4.69) is 205 Å². The van der Waals surface area contributed by atoms with Crippen molar-refractivity contribution in [3.63, 3.8) is 0 Å². The minimum atomic E-state index is 0.690. The Morgan fingerprint density at radius 2 is 0.828 bits per heavy atom. The third-order valence-electron chi connectivity index (χ3n) is 11.4. The summed E-state index contributed by atoms with van der Waals surface area (Å²) >= 11 is 0. The van der Waals surface area contributed by atoms with Crippen molar-refractivity contribution >= 4 is 43.1 Å². The minimum absolute atomic E-state index is 0.690. The number of nitrogens with zero attached hydrogens (tertiary/aromatic N) is 3. The summed E-state index contributed by atoms with van der Waals surface area (Å²) in [6.07, 6.45) is 3.88. The molecule has 0 aliphatic carbocycles. The molecule has 11 aromatic rings. The van der Waals surface area contributed by atoms with Crippen molar-refractivity contribution in [3.05, 3.63) is 213 Å². The van der Waals surface area contributed by atoms with Crippen LogP contribution in [-0.4, -0.2) is 15.0 Å². The molecule has 0 unspecified atom stereocenters. The van der Waals surface area contributed by atoms with Gasteiger partial charge in [-0.3, -0.25) is 4.98 Å². The molecule has 0 aliphatic rings. The molecule has 270 valence electrons. The van der Waals surface area contributed by atoms with E-state index in [9.17, 15) is 0 Å². The molecule has 0 saturated carbocycles. The number of hydrogen-bond donors (Lipinski definition) is 0. The Kier molecular flexibility index (Phi) is 8.15. The summed E-state index contributed by atoms with van der Waals surface area (Å²) in [6.45, 7) is 0. The summed E-state index contributed by atoms with van der Waals surface area (Å²) in [5, 5.41) is 9.59. The highest BCUT2D eigenvalue weighted by Gasteiger charge is 2.16. The van der Waals surface area contributed by atoms with Gasteiger partial charge in [-0.1, -0.05) is 176 Å². The Morgan fingerprint density at radius 1 is 0.259 bits per heavy atom. The fraction of sp³-hybridized carbons (Fsp3) is 0. The van der Waals surface area contributed by atoms with Crippen LogP contribution >= 0.6 is 0 Å². The molecule has 0 saturated heterocycles. The average molecular weight is 738 g/mol. The zero-order valence-electron chi connectivity index (χ0n) is 31.5. The molecule has 3 nitrogen and oxygen atoms in total. The van der Waals surface area contributed by atoms with Crippen molar-refractivity contribution in [2.45, 2.75) is 0 Å². The highest BCUT2D eigenvalue weighted by Crippen LogP contribution is 2.38. The Labute approximate surface area is 336 Å². The van der Waals surface area contributed by atoms with Crippen LogP contribution in [0.2, 0.25) is 0 Å². The molecule has 0 fully saturated rings. The highest BCUT2D eigenvalue weighted by molar-refractivity contribution is 6.13. The molecule has 9 aromatic carbocycles. The molecular weight excluding hydrogens is 703 g/mol. The van der Waals surface area contributed by atoms with E-state index in [0.29, 0.717) is 5.82 Å². The quantitative estimate of drug-likeness (QED) is 0.160. The standard InChI is InChI=1S/C55H35N3/c1-2-11-41-30-43(29-24-36(41)10-1)42-14-9-15-45(31-42)55-57-53(33-54(58-55)51-32-44-12-3-5-16-47(44)49-18-7-8-19-50(49)51)40-27-22-38(23-28-40)37-20-25-39(26-21-37)52-35-56-34-46-13-4-6-17-48(46)52/h1-35H. The molecule has 0 atom stereocenters. The van der Waals surface area contributed by atoms with Crippen molar-refractivity contribution < 1.29 is 0 Å². The van der Waals surface area contributed by atoms with Gasteiger partial charge in [0.15, 0.2) is 5.82 Å².